The molecule has 3 rings (SSSR count). The van der Waals surface area contributed by atoms with Crippen LogP contribution < -0.4 is 10.5 Å². The number of benzene rings is 1. The van der Waals surface area contributed by atoms with Crippen LogP contribution in [-0.2, 0) is 6.42 Å². The lowest BCUT2D eigenvalue weighted by atomic mass is 9.99. The first-order valence-electron chi connectivity index (χ1n) is 5.75. The molecule has 1 unspecified atom stereocenters. The maximum atomic E-state index is 5.90. The number of hydrogen-bond donors (Lipinski definition) is 1. The standard InChI is InChI=1S/C14H14N2O/c15-12-8-11-7-10(4-5-14(11)17-9-12)13-3-1-2-6-16-13/h1-7,12H,8-9,15H2. The third-order valence-corrected chi connectivity index (χ3v) is 2.96. The van der Waals surface area contributed by atoms with E-state index in [1.807, 2.05) is 30.3 Å². The van der Waals surface area contributed by atoms with Gasteiger partial charge < -0.3 is 10.5 Å². The number of rotatable bonds is 1. The molecule has 1 aliphatic rings. The molecule has 1 aliphatic heterocycles. The van der Waals surface area contributed by atoms with Crippen molar-refractivity contribution in [1.29, 1.82) is 0 Å². The molecule has 0 fully saturated rings. The highest BCUT2D eigenvalue weighted by Gasteiger charge is 2.17. The van der Waals surface area contributed by atoms with Crippen molar-refractivity contribution < 1.29 is 4.74 Å². The average Bonchev–Trinajstić information content (AvgIpc) is 2.39. The predicted molar refractivity (Wildman–Crippen MR) is 66.8 cm³/mol. The van der Waals surface area contributed by atoms with Crippen LogP contribution >= 0.6 is 0 Å². The van der Waals surface area contributed by atoms with Crippen molar-refractivity contribution in [3.05, 3.63) is 48.2 Å². The number of pyridine rings is 1. The third-order valence-electron chi connectivity index (χ3n) is 2.96. The van der Waals surface area contributed by atoms with E-state index in [0.29, 0.717) is 6.61 Å². The molecule has 1 aromatic heterocycles. The number of fused-ring (bicyclic) bond motifs is 1. The van der Waals surface area contributed by atoms with Gasteiger partial charge in [0.1, 0.15) is 12.4 Å². The first-order valence-corrected chi connectivity index (χ1v) is 5.75. The van der Waals surface area contributed by atoms with Crippen LogP contribution in [0.25, 0.3) is 11.3 Å². The van der Waals surface area contributed by atoms with E-state index >= 15 is 0 Å². The molecule has 0 radical (unpaired) electrons. The second-order valence-electron chi connectivity index (χ2n) is 4.31. The van der Waals surface area contributed by atoms with Gasteiger partial charge in [-0.2, -0.15) is 0 Å². The highest BCUT2D eigenvalue weighted by atomic mass is 16.5. The Morgan fingerprint density at radius 3 is 3.00 bits per heavy atom. The van der Waals surface area contributed by atoms with Gasteiger partial charge in [0.05, 0.1) is 5.69 Å². The fourth-order valence-corrected chi connectivity index (χ4v) is 2.11. The van der Waals surface area contributed by atoms with Crippen LogP contribution in [0.4, 0.5) is 0 Å². The van der Waals surface area contributed by atoms with Gasteiger partial charge in [0.25, 0.3) is 0 Å². The fraction of sp³-hybridized carbons (Fsp3) is 0.214. The Kier molecular flexibility index (Phi) is 2.53. The molecule has 3 nitrogen and oxygen atoms in total. The SMILES string of the molecule is NC1COc2ccc(-c3ccccn3)cc2C1. The molecule has 2 heterocycles. The van der Waals surface area contributed by atoms with Crippen molar-refractivity contribution in [3.63, 3.8) is 0 Å². The van der Waals surface area contributed by atoms with Gasteiger partial charge in [-0.05, 0) is 42.3 Å². The van der Waals surface area contributed by atoms with E-state index < -0.39 is 0 Å². The summed E-state index contributed by atoms with van der Waals surface area (Å²) in [5.74, 6) is 0.950. The lowest BCUT2D eigenvalue weighted by molar-refractivity contribution is 0.263. The Bertz CT molecular complexity index is 525. The highest BCUT2D eigenvalue weighted by molar-refractivity contribution is 5.62. The van der Waals surface area contributed by atoms with Crippen LogP contribution in [0, 0.1) is 0 Å². The smallest absolute Gasteiger partial charge is 0.122 e. The summed E-state index contributed by atoms with van der Waals surface area (Å²) in [5, 5.41) is 0. The third kappa shape index (κ3) is 2.01. The molecule has 0 aliphatic carbocycles. The van der Waals surface area contributed by atoms with E-state index in [1.165, 1.54) is 5.56 Å². The van der Waals surface area contributed by atoms with Crippen LogP contribution in [0.1, 0.15) is 5.56 Å². The van der Waals surface area contributed by atoms with E-state index in [1.54, 1.807) is 6.20 Å². The maximum Gasteiger partial charge on any atom is 0.122 e. The van der Waals surface area contributed by atoms with Gasteiger partial charge >= 0.3 is 0 Å². The summed E-state index contributed by atoms with van der Waals surface area (Å²) in [7, 11) is 0. The number of hydrogen-bond acceptors (Lipinski definition) is 3. The summed E-state index contributed by atoms with van der Waals surface area (Å²) in [4.78, 5) is 4.34. The summed E-state index contributed by atoms with van der Waals surface area (Å²) in [6, 6.07) is 12.2. The van der Waals surface area contributed by atoms with Gasteiger partial charge in [-0.25, -0.2) is 0 Å². The number of aromatic nitrogens is 1. The van der Waals surface area contributed by atoms with Gasteiger partial charge in [-0.1, -0.05) is 6.07 Å². The lowest BCUT2D eigenvalue weighted by Crippen LogP contribution is -2.33. The van der Waals surface area contributed by atoms with Crippen LogP contribution in [0.15, 0.2) is 42.6 Å². The van der Waals surface area contributed by atoms with E-state index in [0.717, 1.165) is 23.4 Å². The highest BCUT2D eigenvalue weighted by Crippen LogP contribution is 2.28. The van der Waals surface area contributed by atoms with E-state index in [4.69, 9.17) is 10.5 Å². The lowest BCUT2D eigenvalue weighted by Gasteiger charge is -2.22. The van der Waals surface area contributed by atoms with Crippen molar-refractivity contribution >= 4 is 0 Å². The van der Waals surface area contributed by atoms with Gasteiger partial charge in [0.2, 0.25) is 0 Å². The van der Waals surface area contributed by atoms with Crippen molar-refractivity contribution in [1.82, 2.24) is 4.98 Å². The maximum absolute atomic E-state index is 5.90. The molecule has 1 aromatic carbocycles. The zero-order chi connectivity index (χ0) is 11.7. The normalized spacial score (nSPS) is 18.3. The number of nitrogens with zero attached hydrogens (tertiary/aromatic N) is 1. The molecule has 0 bridgehead atoms. The molecule has 0 amide bonds. The van der Waals surface area contributed by atoms with E-state index in [-0.39, 0.29) is 6.04 Å². The first-order chi connectivity index (χ1) is 8.33. The zero-order valence-corrected chi connectivity index (χ0v) is 9.47. The fourth-order valence-electron chi connectivity index (χ4n) is 2.11. The van der Waals surface area contributed by atoms with Gasteiger partial charge in [0.15, 0.2) is 0 Å². The number of nitrogens with two attached hydrogens (primary N) is 1. The van der Waals surface area contributed by atoms with Crippen LogP contribution in [-0.4, -0.2) is 17.6 Å². The minimum Gasteiger partial charge on any atom is -0.492 e. The van der Waals surface area contributed by atoms with E-state index in [9.17, 15) is 0 Å². The monoisotopic (exact) mass is 226 g/mol. The van der Waals surface area contributed by atoms with Crippen molar-refractivity contribution in [3.8, 4) is 17.0 Å². The Morgan fingerprint density at radius 1 is 1.24 bits per heavy atom. The molecule has 3 heteroatoms. The summed E-state index contributed by atoms with van der Waals surface area (Å²) in [5.41, 5.74) is 9.16. The molecule has 0 saturated heterocycles. The summed E-state index contributed by atoms with van der Waals surface area (Å²) in [6.07, 6.45) is 2.67. The van der Waals surface area contributed by atoms with Gasteiger partial charge in [-0.3, -0.25) is 4.98 Å². The van der Waals surface area contributed by atoms with Crippen LogP contribution in [0.2, 0.25) is 0 Å². The molecular weight excluding hydrogens is 212 g/mol. The molecule has 86 valence electrons. The van der Waals surface area contributed by atoms with Crippen molar-refractivity contribution in [2.75, 3.05) is 6.61 Å². The Balaban J connectivity index is 2.01. The Labute approximate surface area is 100 Å². The predicted octanol–water partition coefficient (Wildman–Crippen LogP) is 2.01. The quantitative estimate of drug-likeness (QED) is 0.809. The summed E-state index contributed by atoms with van der Waals surface area (Å²) >= 11 is 0. The first kappa shape index (κ1) is 10.3. The van der Waals surface area contributed by atoms with Crippen molar-refractivity contribution in [2.45, 2.75) is 12.5 Å². The summed E-state index contributed by atoms with van der Waals surface area (Å²) in [6.45, 7) is 0.607. The minimum atomic E-state index is 0.0986. The minimum absolute atomic E-state index is 0.0986. The van der Waals surface area contributed by atoms with Crippen LogP contribution in [0.5, 0.6) is 5.75 Å². The largest absolute Gasteiger partial charge is 0.492 e. The second kappa shape index (κ2) is 4.18. The molecule has 1 atom stereocenters. The van der Waals surface area contributed by atoms with Crippen molar-refractivity contribution in [2.24, 2.45) is 5.73 Å². The van der Waals surface area contributed by atoms with Gasteiger partial charge in [-0.15, -0.1) is 0 Å². The molecule has 0 spiro atoms. The topological polar surface area (TPSA) is 48.1 Å². The van der Waals surface area contributed by atoms with E-state index in [2.05, 4.69) is 11.1 Å². The molecule has 0 saturated carbocycles. The van der Waals surface area contributed by atoms with Crippen LogP contribution in [0.3, 0.4) is 0 Å². The second-order valence-corrected chi connectivity index (χ2v) is 4.31. The molecular formula is C14H14N2O. The molecule has 2 aromatic rings. The Hall–Kier alpha value is -1.87. The molecule has 17 heavy (non-hydrogen) atoms. The number of ether oxygens (including phenoxy) is 1. The van der Waals surface area contributed by atoms with Gasteiger partial charge in [0, 0.05) is 17.8 Å². The molecule has 2 N–H and O–H groups in total. The zero-order valence-electron chi connectivity index (χ0n) is 9.47. The average molecular weight is 226 g/mol. The summed E-state index contributed by atoms with van der Waals surface area (Å²) < 4.78 is 5.58. The Morgan fingerprint density at radius 2 is 2.18 bits per heavy atom.